The number of amidine groups is 1. The summed E-state index contributed by atoms with van der Waals surface area (Å²) in [6, 6.07) is 13.4. The number of hydrogen-bond acceptors (Lipinski definition) is 6. The van der Waals surface area contributed by atoms with Gasteiger partial charge < -0.3 is 10.1 Å². The van der Waals surface area contributed by atoms with Crippen LogP contribution in [0.15, 0.2) is 66.2 Å². The van der Waals surface area contributed by atoms with Crippen LogP contribution < -0.4 is 5.32 Å². The first-order valence-corrected chi connectivity index (χ1v) is 11.2. The SMILES string of the molecule is C=CCN1C(=O)[C@H](CC(=O)Nc2ccc(C(=O)OCC)cc2)SC1=Nc1cccc(Cl)c1. The number of halogens is 1. The van der Waals surface area contributed by atoms with Crippen LogP contribution in [0.1, 0.15) is 23.7 Å². The van der Waals surface area contributed by atoms with Gasteiger partial charge in [-0.2, -0.15) is 0 Å². The third-order valence-electron chi connectivity index (χ3n) is 4.42. The van der Waals surface area contributed by atoms with Crippen molar-refractivity contribution in [1.29, 1.82) is 0 Å². The normalized spacial score (nSPS) is 16.8. The number of benzene rings is 2. The minimum Gasteiger partial charge on any atom is -0.462 e. The zero-order chi connectivity index (χ0) is 23.1. The van der Waals surface area contributed by atoms with E-state index in [2.05, 4.69) is 16.9 Å². The molecule has 0 aromatic heterocycles. The zero-order valence-electron chi connectivity index (χ0n) is 17.4. The lowest BCUT2D eigenvalue weighted by molar-refractivity contribution is -0.127. The number of nitrogens with one attached hydrogen (secondary N) is 1. The van der Waals surface area contributed by atoms with E-state index in [9.17, 15) is 14.4 Å². The highest BCUT2D eigenvalue weighted by Crippen LogP contribution is 2.32. The Bertz CT molecular complexity index is 1060. The topological polar surface area (TPSA) is 88.1 Å². The van der Waals surface area contributed by atoms with Crippen LogP contribution in [0.4, 0.5) is 11.4 Å². The minimum atomic E-state index is -0.605. The monoisotopic (exact) mass is 471 g/mol. The van der Waals surface area contributed by atoms with E-state index in [1.54, 1.807) is 61.5 Å². The fraction of sp³-hybridized carbons (Fsp3) is 0.217. The van der Waals surface area contributed by atoms with Gasteiger partial charge in [-0.3, -0.25) is 14.5 Å². The summed E-state index contributed by atoms with van der Waals surface area (Å²) in [4.78, 5) is 43.2. The Morgan fingerprint density at radius 2 is 2.03 bits per heavy atom. The number of carbonyl (C=O) groups excluding carboxylic acids is 3. The van der Waals surface area contributed by atoms with Gasteiger partial charge in [-0.05, 0) is 49.4 Å². The number of carbonyl (C=O) groups is 3. The highest BCUT2D eigenvalue weighted by Gasteiger charge is 2.38. The van der Waals surface area contributed by atoms with Crippen LogP contribution in [0, 0.1) is 0 Å². The van der Waals surface area contributed by atoms with Gasteiger partial charge in [0.05, 0.1) is 17.9 Å². The fourth-order valence-corrected chi connectivity index (χ4v) is 4.31. The van der Waals surface area contributed by atoms with Gasteiger partial charge >= 0.3 is 5.97 Å². The second-order valence-electron chi connectivity index (χ2n) is 6.77. The van der Waals surface area contributed by atoms with Crippen LogP contribution in [0.5, 0.6) is 0 Å². The molecule has 0 spiro atoms. The predicted molar refractivity (Wildman–Crippen MR) is 127 cm³/mol. The van der Waals surface area contributed by atoms with E-state index < -0.39 is 11.2 Å². The Balaban J connectivity index is 1.67. The van der Waals surface area contributed by atoms with Crippen LogP contribution in [0.3, 0.4) is 0 Å². The van der Waals surface area contributed by atoms with Crippen molar-refractivity contribution in [2.75, 3.05) is 18.5 Å². The average molecular weight is 472 g/mol. The molecule has 0 aliphatic carbocycles. The molecule has 1 aliphatic heterocycles. The van der Waals surface area contributed by atoms with E-state index in [0.29, 0.717) is 33.7 Å². The van der Waals surface area contributed by atoms with Crippen molar-refractivity contribution >= 4 is 57.7 Å². The summed E-state index contributed by atoms with van der Waals surface area (Å²) in [5.41, 5.74) is 1.54. The summed E-state index contributed by atoms with van der Waals surface area (Å²) in [5.74, 6) is -0.946. The molecule has 2 amide bonds. The molecule has 9 heteroatoms. The summed E-state index contributed by atoms with van der Waals surface area (Å²) >= 11 is 7.25. The molecule has 32 heavy (non-hydrogen) atoms. The molecule has 0 bridgehead atoms. The number of anilines is 1. The summed E-state index contributed by atoms with van der Waals surface area (Å²) in [6.07, 6.45) is 1.59. The van der Waals surface area contributed by atoms with E-state index in [4.69, 9.17) is 16.3 Å². The van der Waals surface area contributed by atoms with E-state index >= 15 is 0 Å². The van der Waals surface area contributed by atoms with Gasteiger partial charge in [-0.25, -0.2) is 9.79 Å². The molecule has 1 aliphatic rings. The summed E-state index contributed by atoms with van der Waals surface area (Å²) < 4.78 is 4.94. The van der Waals surface area contributed by atoms with E-state index in [1.165, 1.54) is 16.7 Å². The predicted octanol–water partition coefficient (Wildman–Crippen LogP) is 4.66. The Morgan fingerprint density at radius 1 is 1.28 bits per heavy atom. The maximum absolute atomic E-state index is 12.9. The zero-order valence-corrected chi connectivity index (χ0v) is 19.0. The highest BCUT2D eigenvalue weighted by atomic mass is 35.5. The van der Waals surface area contributed by atoms with Gasteiger partial charge in [0.1, 0.15) is 5.25 Å². The lowest BCUT2D eigenvalue weighted by Crippen LogP contribution is -2.33. The summed E-state index contributed by atoms with van der Waals surface area (Å²) in [6.45, 7) is 6.01. The number of rotatable bonds is 8. The summed E-state index contributed by atoms with van der Waals surface area (Å²) in [7, 11) is 0. The van der Waals surface area contributed by atoms with Crippen molar-refractivity contribution in [3.8, 4) is 0 Å². The molecule has 1 atom stereocenters. The first-order chi connectivity index (χ1) is 15.4. The van der Waals surface area contributed by atoms with Crippen LogP contribution in [-0.4, -0.2) is 46.3 Å². The third kappa shape index (κ3) is 5.99. The summed E-state index contributed by atoms with van der Waals surface area (Å²) in [5, 5.41) is 3.19. The first-order valence-electron chi connectivity index (χ1n) is 9.91. The molecule has 1 saturated heterocycles. The Kier molecular flexibility index (Phi) is 8.08. The maximum atomic E-state index is 12.9. The van der Waals surface area contributed by atoms with Crippen LogP contribution >= 0.6 is 23.4 Å². The van der Waals surface area contributed by atoms with Gasteiger partial charge in [0.15, 0.2) is 5.17 Å². The number of thioether (sulfide) groups is 1. The van der Waals surface area contributed by atoms with E-state index in [0.717, 1.165) is 0 Å². The third-order valence-corrected chi connectivity index (χ3v) is 5.83. The molecule has 3 rings (SSSR count). The second kappa shape index (κ2) is 11.0. The molecule has 1 heterocycles. The lowest BCUT2D eigenvalue weighted by atomic mass is 10.2. The Morgan fingerprint density at radius 3 is 2.69 bits per heavy atom. The molecule has 1 N–H and O–H groups in total. The molecule has 0 saturated carbocycles. The molecule has 0 unspecified atom stereocenters. The lowest BCUT2D eigenvalue weighted by Gasteiger charge is -2.13. The van der Waals surface area contributed by atoms with Gasteiger partial charge in [0.2, 0.25) is 11.8 Å². The van der Waals surface area contributed by atoms with Crippen molar-refractivity contribution in [3.05, 3.63) is 71.8 Å². The van der Waals surface area contributed by atoms with Gasteiger partial charge in [-0.1, -0.05) is 35.5 Å². The van der Waals surface area contributed by atoms with Crippen molar-refractivity contribution in [3.63, 3.8) is 0 Å². The molecule has 2 aromatic carbocycles. The van der Waals surface area contributed by atoms with Crippen molar-refractivity contribution in [2.24, 2.45) is 4.99 Å². The molecular formula is C23H22ClN3O4S. The number of amides is 2. The number of aliphatic imine (C=N–C) groups is 1. The molecule has 0 radical (unpaired) electrons. The maximum Gasteiger partial charge on any atom is 0.338 e. The van der Waals surface area contributed by atoms with Gasteiger partial charge in [0, 0.05) is 23.7 Å². The fourth-order valence-electron chi connectivity index (χ4n) is 2.96. The standard InChI is InChI=1S/C23H22ClN3O4S/c1-3-12-27-21(29)19(32-23(27)26-18-7-5-6-16(24)13-18)14-20(28)25-17-10-8-15(9-11-17)22(30)31-4-2/h3,5-11,13,19H,1,4,12,14H2,2H3,(H,25,28)/t19-/m0/s1. The van der Waals surface area contributed by atoms with Crippen molar-refractivity contribution in [2.45, 2.75) is 18.6 Å². The highest BCUT2D eigenvalue weighted by molar-refractivity contribution is 8.15. The van der Waals surface area contributed by atoms with Gasteiger partial charge in [-0.15, -0.1) is 6.58 Å². The Hall–Kier alpha value is -3.10. The minimum absolute atomic E-state index is 0.0225. The number of esters is 1. The van der Waals surface area contributed by atoms with E-state index in [1.807, 2.05) is 0 Å². The quantitative estimate of drug-likeness (QED) is 0.446. The second-order valence-corrected chi connectivity index (χ2v) is 8.37. The van der Waals surface area contributed by atoms with Crippen LogP contribution in [0.25, 0.3) is 0 Å². The van der Waals surface area contributed by atoms with Crippen LogP contribution in [0.2, 0.25) is 5.02 Å². The van der Waals surface area contributed by atoms with E-state index in [-0.39, 0.29) is 24.8 Å². The number of ether oxygens (including phenoxy) is 1. The smallest absolute Gasteiger partial charge is 0.338 e. The number of nitrogens with zero attached hydrogens (tertiary/aromatic N) is 2. The molecular weight excluding hydrogens is 450 g/mol. The Labute approximate surface area is 195 Å². The first kappa shape index (κ1) is 23.6. The largest absolute Gasteiger partial charge is 0.462 e. The van der Waals surface area contributed by atoms with Gasteiger partial charge in [0.25, 0.3) is 0 Å². The molecule has 1 fully saturated rings. The average Bonchev–Trinajstić information content (AvgIpc) is 3.03. The molecule has 2 aromatic rings. The molecule has 7 nitrogen and oxygen atoms in total. The van der Waals surface area contributed by atoms with Crippen molar-refractivity contribution in [1.82, 2.24) is 4.90 Å². The van der Waals surface area contributed by atoms with Crippen LogP contribution in [-0.2, 0) is 14.3 Å². The number of hydrogen-bond donors (Lipinski definition) is 1. The molecule has 166 valence electrons. The van der Waals surface area contributed by atoms with Crippen molar-refractivity contribution < 1.29 is 19.1 Å².